The summed E-state index contributed by atoms with van der Waals surface area (Å²) in [5, 5.41) is 6.90. The highest BCUT2D eigenvalue weighted by atomic mass is 16.5. The quantitative estimate of drug-likeness (QED) is 0.840. The van der Waals surface area contributed by atoms with E-state index in [4.69, 9.17) is 4.74 Å². The molecule has 1 aliphatic carbocycles. The Balaban J connectivity index is 1.81. The lowest BCUT2D eigenvalue weighted by Gasteiger charge is -2.28. The van der Waals surface area contributed by atoms with E-state index in [1.807, 2.05) is 18.2 Å². The highest BCUT2D eigenvalue weighted by Gasteiger charge is 2.19. The van der Waals surface area contributed by atoms with Crippen LogP contribution in [-0.4, -0.2) is 26.7 Å². The molecule has 0 heterocycles. The summed E-state index contributed by atoms with van der Waals surface area (Å²) in [6.07, 6.45) is 5.23. The Morgan fingerprint density at radius 3 is 2.56 bits per heavy atom. The van der Waals surface area contributed by atoms with E-state index in [9.17, 15) is 0 Å². The normalized spacial score (nSPS) is 23.7. The zero-order valence-corrected chi connectivity index (χ0v) is 11.4. The van der Waals surface area contributed by atoms with Crippen LogP contribution in [0, 0.1) is 5.92 Å². The Morgan fingerprint density at radius 1 is 1.17 bits per heavy atom. The van der Waals surface area contributed by atoms with Gasteiger partial charge in [-0.2, -0.15) is 0 Å². The van der Waals surface area contributed by atoms with Crippen LogP contribution in [0.4, 0.5) is 5.69 Å². The van der Waals surface area contributed by atoms with Gasteiger partial charge in [0.05, 0.1) is 12.8 Å². The summed E-state index contributed by atoms with van der Waals surface area (Å²) in [7, 11) is 3.79. The van der Waals surface area contributed by atoms with E-state index in [1.165, 1.54) is 25.7 Å². The minimum atomic E-state index is 0.729. The van der Waals surface area contributed by atoms with Crippen LogP contribution in [0.3, 0.4) is 0 Å². The summed E-state index contributed by atoms with van der Waals surface area (Å²) >= 11 is 0. The van der Waals surface area contributed by atoms with Gasteiger partial charge in [0.2, 0.25) is 0 Å². The van der Waals surface area contributed by atoms with Crippen molar-refractivity contribution in [1.82, 2.24) is 5.32 Å². The predicted molar refractivity (Wildman–Crippen MR) is 76.3 cm³/mol. The molecule has 0 aliphatic heterocycles. The summed E-state index contributed by atoms with van der Waals surface area (Å²) in [4.78, 5) is 0. The summed E-state index contributed by atoms with van der Waals surface area (Å²) in [5.41, 5.74) is 1.11. The van der Waals surface area contributed by atoms with Crippen LogP contribution < -0.4 is 15.4 Å². The van der Waals surface area contributed by atoms with Gasteiger partial charge in [-0.05, 0) is 50.8 Å². The van der Waals surface area contributed by atoms with Gasteiger partial charge in [0.25, 0.3) is 0 Å². The third-order valence-electron chi connectivity index (χ3n) is 3.94. The second kappa shape index (κ2) is 6.64. The monoisotopic (exact) mass is 248 g/mol. The van der Waals surface area contributed by atoms with Gasteiger partial charge in [-0.1, -0.05) is 12.1 Å². The molecule has 0 unspecified atom stereocenters. The van der Waals surface area contributed by atoms with Gasteiger partial charge in [0.15, 0.2) is 0 Å². The van der Waals surface area contributed by atoms with E-state index in [-0.39, 0.29) is 0 Å². The van der Waals surface area contributed by atoms with E-state index in [2.05, 4.69) is 23.7 Å². The molecule has 1 fully saturated rings. The molecule has 1 aromatic rings. The highest BCUT2D eigenvalue weighted by Crippen LogP contribution is 2.27. The number of benzene rings is 1. The molecule has 3 heteroatoms. The number of rotatable bonds is 5. The van der Waals surface area contributed by atoms with Gasteiger partial charge in [-0.15, -0.1) is 0 Å². The summed E-state index contributed by atoms with van der Waals surface area (Å²) < 4.78 is 5.35. The Bertz CT molecular complexity index is 359. The SMILES string of the molecule is CNC1CCC(CNc2ccccc2OC)CC1. The molecule has 0 saturated heterocycles. The number of hydrogen-bond acceptors (Lipinski definition) is 3. The molecule has 100 valence electrons. The van der Waals surface area contributed by atoms with Crippen LogP contribution in [0.2, 0.25) is 0 Å². The molecule has 1 aliphatic rings. The van der Waals surface area contributed by atoms with Gasteiger partial charge in [-0.25, -0.2) is 0 Å². The Morgan fingerprint density at radius 2 is 1.89 bits per heavy atom. The molecule has 3 nitrogen and oxygen atoms in total. The van der Waals surface area contributed by atoms with Crippen molar-refractivity contribution in [3.05, 3.63) is 24.3 Å². The van der Waals surface area contributed by atoms with E-state index >= 15 is 0 Å². The number of anilines is 1. The van der Waals surface area contributed by atoms with E-state index < -0.39 is 0 Å². The molecule has 1 aromatic carbocycles. The maximum Gasteiger partial charge on any atom is 0.141 e. The molecular formula is C15H24N2O. The maximum atomic E-state index is 5.35. The lowest BCUT2D eigenvalue weighted by molar-refractivity contribution is 0.312. The Kier molecular flexibility index (Phi) is 4.88. The average Bonchev–Trinajstić information content (AvgIpc) is 2.46. The number of ether oxygens (including phenoxy) is 1. The van der Waals surface area contributed by atoms with Crippen LogP contribution in [0.5, 0.6) is 5.75 Å². The summed E-state index contributed by atoms with van der Waals surface area (Å²) in [6.45, 7) is 1.05. The standard InChI is InChI=1S/C15H24N2O/c1-16-13-9-7-12(8-10-13)11-17-14-5-3-4-6-15(14)18-2/h3-6,12-13,16-17H,7-11H2,1-2H3. The fraction of sp³-hybridized carbons (Fsp3) is 0.600. The van der Waals surface area contributed by atoms with Gasteiger partial charge in [0.1, 0.15) is 5.75 Å². The van der Waals surface area contributed by atoms with E-state index in [1.54, 1.807) is 7.11 Å². The van der Waals surface area contributed by atoms with Crippen LogP contribution >= 0.6 is 0 Å². The second-order valence-corrected chi connectivity index (χ2v) is 5.09. The molecule has 0 atom stereocenters. The molecule has 0 bridgehead atoms. The largest absolute Gasteiger partial charge is 0.495 e. The molecule has 0 spiro atoms. The van der Waals surface area contributed by atoms with Crippen molar-refractivity contribution < 1.29 is 4.74 Å². The average molecular weight is 248 g/mol. The van der Waals surface area contributed by atoms with Crippen molar-refractivity contribution in [1.29, 1.82) is 0 Å². The zero-order valence-electron chi connectivity index (χ0n) is 11.4. The lowest BCUT2D eigenvalue weighted by atomic mass is 9.86. The predicted octanol–water partition coefficient (Wildman–Crippen LogP) is 2.89. The highest BCUT2D eigenvalue weighted by molar-refractivity contribution is 5.56. The first-order valence-corrected chi connectivity index (χ1v) is 6.87. The molecule has 18 heavy (non-hydrogen) atoms. The number of nitrogens with one attached hydrogen (secondary N) is 2. The maximum absolute atomic E-state index is 5.35. The molecule has 2 rings (SSSR count). The molecule has 0 aromatic heterocycles. The lowest BCUT2D eigenvalue weighted by Crippen LogP contribution is -2.32. The minimum Gasteiger partial charge on any atom is -0.495 e. The van der Waals surface area contributed by atoms with Crippen molar-refractivity contribution >= 4 is 5.69 Å². The summed E-state index contributed by atoms with van der Waals surface area (Å²) in [5.74, 6) is 1.72. The van der Waals surface area contributed by atoms with Gasteiger partial charge >= 0.3 is 0 Å². The van der Waals surface area contributed by atoms with Gasteiger partial charge in [-0.3, -0.25) is 0 Å². The number of hydrogen-bond donors (Lipinski definition) is 2. The molecule has 0 amide bonds. The zero-order chi connectivity index (χ0) is 12.8. The van der Waals surface area contributed by atoms with Crippen LogP contribution in [0.15, 0.2) is 24.3 Å². The summed E-state index contributed by atoms with van der Waals surface area (Å²) in [6, 6.07) is 8.86. The Labute approximate surface area is 110 Å². The fourth-order valence-corrected chi connectivity index (χ4v) is 2.70. The first-order valence-electron chi connectivity index (χ1n) is 6.87. The van der Waals surface area contributed by atoms with Crippen molar-refractivity contribution in [3.8, 4) is 5.75 Å². The van der Waals surface area contributed by atoms with E-state index in [0.717, 1.165) is 29.9 Å². The number of para-hydroxylation sites is 2. The number of methoxy groups -OCH3 is 1. The molecule has 0 radical (unpaired) electrons. The van der Waals surface area contributed by atoms with Crippen molar-refractivity contribution in [2.75, 3.05) is 26.0 Å². The van der Waals surface area contributed by atoms with Crippen LogP contribution in [0.25, 0.3) is 0 Å². The first-order chi connectivity index (χ1) is 8.83. The first kappa shape index (κ1) is 13.2. The van der Waals surface area contributed by atoms with Crippen molar-refractivity contribution in [3.63, 3.8) is 0 Å². The van der Waals surface area contributed by atoms with Gasteiger partial charge < -0.3 is 15.4 Å². The van der Waals surface area contributed by atoms with Crippen LogP contribution in [0.1, 0.15) is 25.7 Å². The Hall–Kier alpha value is -1.22. The molecule has 1 saturated carbocycles. The minimum absolute atomic E-state index is 0.729. The second-order valence-electron chi connectivity index (χ2n) is 5.09. The topological polar surface area (TPSA) is 33.3 Å². The van der Waals surface area contributed by atoms with E-state index in [0.29, 0.717) is 0 Å². The molecular weight excluding hydrogens is 224 g/mol. The van der Waals surface area contributed by atoms with Crippen molar-refractivity contribution in [2.45, 2.75) is 31.7 Å². The van der Waals surface area contributed by atoms with Crippen molar-refractivity contribution in [2.24, 2.45) is 5.92 Å². The van der Waals surface area contributed by atoms with Crippen LogP contribution in [-0.2, 0) is 0 Å². The smallest absolute Gasteiger partial charge is 0.141 e. The van der Waals surface area contributed by atoms with Gasteiger partial charge in [0, 0.05) is 12.6 Å². The third-order valence-corrected chi connectivity index (χ3v) is 3.94. The fourth-order valence-electron chi connectivity index (χ4n) is 2.70. The molecule has 2 N–H and O–H groups in total. The third kappa shape index (κ3) is 3.39.